The molecule has 1 aliphatic carbocycles. The molecule has 3 heteroatoms. The Kier molecular flexibility index (Phi) is 6.65. The van der Waals surface area contributed by atoms with Crippen molar-refractivity contribution in [3.05, 3.63) is 0 Å². The lowest BCUT2D eigenvalue weighted by Gasteiger charge is -2.29. The van der Waals surface area contributed by atoms with Gasteiger partial charge in [-0.25, -0.2) is 0 Å². The monoisotopic (exact) mass is 217 g/mol. The van der Waals surface area contributed by atoms with E-state index in [1.807, 2.05) is 11.8 Å². The molecule has 0 bridgehead atoms. The zero-order valence-corrected chi connectivity index (χ0v) is 9.98. The van der Waals surface area contributed by atoms with Crippen molar-refractivity contribution in [2.75, 3.05) is 18.9 Å². The second kappa shape index (κ2) is 7.55. The highest BCUT2D eigenvalue weighted by atomic mass is 32.2. The Labute approximate surface area is 91.9 Å². The maximum Gasteiger partial charge on any atom is 0.0521 e. The van der Waals surface area contributed by atoms with Crippen LogP contribution in [0.25, 0.3) is 0 Å². The molecule has 2 unspecified atom stereocenters. The lowest BCUT2D eigenvalue weighted by atomic mass is 9.95. The number of aliphatic hydroxyl groups excluding tert-OH is 1. The first-order chi connectivity index (χ1) is 6.86. The molecule has 0 aromatic carbocycles. The van der Waals surface area contributed by atoms with Crippen molar-refractivity contribution >= 4 is 11.8 Å². The maximum absolute atomic E-state index is 8.77. The Morgan fingerprint density at radius 3 is 3.00 bits per heavy atom. The molecular formula is C11H23NOS. The highest BCUT2D eigenvalue weighted by Crippen LogP contribution is 2.28. The van der Waals surface area contributed by atoms with Crippen LogP contribution in [-0.4, -0.2) is 35.3 Å². The van der Waals surface area contributed by atoms with Gasteiger partial charge in [-0.2, -0.15) is 11.8 Å². The summed E-state index contributed by atoms with van der Waals surface area (Å²) in [6.07, 6.45) is 6.56. The van der Waals surface area contributed by atoms with Gasteiger partial charge in [0, 0.05) is 17.0 Å². The molecule has 0 aliphatic heterocycles. The van der Waals surface area contributed by atoms with Gasteiger partial charge in [-0.1, -0.05) is 13.3 Å². The fraction of sp³-hybridized carbons (Fsp3) is 1.00. The van der Waals surface area contributed by atoms with Crippen LogP contribution in [0.2, 0.25) is 0 Å². The van der Waals surface area contributed by atoms with Gasteiger partial charge < -0.3 is 10.4 Å². The third-order valence-corrected chi connectivity index (χ3v) is 4.07. The molecule has 2 nitrogen and oxygen atoms in total. The van der Waals surface area contributed by atoms with Crippen LogP contribution in [0, 0.1) is 0 Å². The van der Waals surface area contributed by atoms with Crippen molar-refractivity contribution in [2.45, 2.75) is 50.3 Å². The van der Waals surface area contributed by atoms with Gasteiger partial charge in [0.15, 0.2) is 0 Å². The van der Waals surface area contributed by atoms with Crippen LogP contribution in [0.1, 0.15) is 39.0 Å². The molecule has 0 spiro atoms. The van der Waals surface area contributed by atoms with E-state index >= 15 is 0 Å². The topological polar surface area (TPSA) is 32.3 Å². The van der Waals surface area contributed by atoms with Gasteiger partial charge in [-0.15, -0.1) is 0 Å². The quantitative estimate of drug-likeness (QED) is 0.714. The third-order valence-electron chi connectivity index (χ3n) is 2.75. The Morgan fingerprint density at radius 2 is 2.29 bits per heavy atom. The SMILES string of the molecule is CCCNC1CCCC(SCCO)C1. The molecular weight excluding hydrogens is 194 g/mol. The van der Waals surface area contributed by atoms with E-state index < -0.39 is 0 Å². The van der Waals surface area contributed by atoms with E-state index in [4.69, 9.17) is 5.11 Å². The van der Waals surface area contributed by atoms with E-state index in [0.29, 0.717) is 6.61 Å². The number of hydrogen-bond donors (Lipinski definition) is 2. The van der Waals surface area contributed by atoms with Crippen molar-refractivity contribution in [1.82, 2.24) is 5.32 Å². The molecule has 1 fully saturated rings. The van der Waals surface area contributed by atoms with Crippen LogP contribution < -0.4 is 5.32 Å². The van der Waals surface area contributed by atoms with Crippen molar-refractivity contribution in [2.24, 2.45) is 0 Å². The summed E-state index contributed by atoms with van der Waals surface area (Å²) in [6, 6.07) is 0.736. The van der Waals surface area contributed by atoms with Gasteiger partial charge in [-0.05, 0) is 32.2 Å². The second-order valence-corrected chi connectivity index (χ2v) is 5.44. The Hall–Kier alpha value is 0.270. The largest absolute Gasteiger partial charge is 0.396 e. The summed E-state index contributed by atoms with van der Waals surface area (Å²) in [7, 11) is 0. The van der Waals surface area contributed by atoms with Gasteiger partial charge in [0.05, 0.1) is 6.61 Å². The number of thioether (sulfide) groups is 1. The summed E-state index contributed by atoms with van der Waals surface area (Å²) >= 11 is 1.94. The highest BCUT2D eigenvalue weighted by molar-refractivity contribution is 7.99. The normalized spacial score (nSPS) is 27.9. The van der Waals surface area contributed by atoms with Gasteiger partial charge in [0.1, 0.15) is 0 Å². The maximum atomic E-state index is 8.77. The average Bonchev–Trinajstić information content (AvgIpc) is 2.24. The zero-order valence-electron chi connectivity index (χ0n) is 9.17. The van der Waals surface area contributed by atoms with Crippen LogP contribution >= 0.6 is 11.8 Å². The third kappa shape index (κ3) is 4.67. The minimum Gasteiger partial charge on any atom is -0.396 e. The van der Waals surface area contributed by atoms with Crippen LogP contribution in [0.5, 0.6) is 0 Å². The lowest BCUT2D eigenvalue weighted by Crippen LogP contribution is -2.35. The first kappa shape index (κ1) is 12.3. The summed E-state index contributed by atoms with van der Waals surface area (Å²) in [4.78, 5) is 0. The summed E-state index contributed by atoms with van der Waals surface area (Å²) in [5.74, 6) is 0.908. The van der Waals surface area contributed by atoms with Gasteiger partial charge in [0.2, 0.25) is 0 Å². The molecule has 14 heavy (non-hydrogen) atoms. The van der Waals surface area contributed by atoms with Crippen molar-refractivity contribution in [1.29, 1.82) is 0 Å². The molecule has 1 rings (SSSR count). The highest BCUT2D eigenvalue weighted by Gasteiger charge is 2.21. The van der Waals surface area contributed by atoms with Gasteiger partial charge >= 0.3 is 0 Å². The van der Waals surface area contributed by atoms with E-state index in [1.54, 1.807) is 0 Å². The summed E-state index contributed by atoms with van der Waals surface area (Å²) in [5.41, 5.74) is 0. The van der Waals surface area contributed by atoms with Gasteiger partial charge in [0.25, 0.3) is 0 Å². The van der Waals surface area contributed by atoms with Crippen molar-refractivity contribution < 1.29 is 5.11 Å². The predicted octanol–water partition coefficient (Wildman–Crippen LogP) is 2.02. The number of aliphatic hydroxyl groups is 1. The predicted molar refractivity (Wildman–Crippen MR) is 63.9 cm³/mol. The number of hydrogen-bond acceptors (Lipinski definition) is 3. The average molecular weight is 217 g/mol. The Bertz CT molecular complexity index is 129. The Morgan fingerprint density at radius 1 is 1.43 bits per heavy atom. The van der Waals surface area contributed by atoms with Crippen LogP contribution in [0.15, 0.2) is 0 Å². The Balaban J connectivity index is 2.14. The summed E-state index contributed by atoms with van der Waals surface area (Å²) in [6.45, 7) is 3.70. The molecule has 0 saturated heterocycles. The molecule has 2 atom stereocenters. The van der Waals surface area contributed by atoms with E-state index in [1.165, 1.54) is 32.1 Å². The molecule has 1 aliphatic rings. The van der Waals surface area contributed by atoms with Crippen molar-refractivity contribution in [3.8, 4) is 0 Å². The van der Waals surface area contributed by atoms with E-state index in [2.05, 4.69) is 12.2 Å². The molecule has 1 saturated carbocycles. The minimum absolute atomic E-state index is 0.328. The smallest absolute Gasteiger partial charge is 0.0521 e. The second-order valence-electron chi connectivity index (χ2n) is 4.03. The molecule has 84 valence electrons. The summed E-state index contributed by atoms with van der Waals surface area (Å²) < 4.78 is 0. The van der Waals surface area contributed by atoms with Crippen LogP contribution in [0.3, 0.4) is 0 Å². The van der Waals surface area contributed by atoms with E-state index in [9.17, 15) is 0 Å². The van der Waals surface area contributed by atoms with Crippen LogP contribution in [0.4, 0.5) is 0 Å². The van der Waals surface area contributed by atoms with Gasteiger partial charge in [-0.3, -0.25) is 0 Å². The molecule has 0 radical (unpaired) electrons. The number of rotatable bonds is 6. The number of nitrogens with one attached hydrogen (secondary N) is 1. The standard InChI is InChI=1S/C11H23NOS/c1-2-6-12-10-4-3-5-11(9-10)14-8-7-13/h10-13H,2-9H2,1H3. The molecule has 0 heterocycles. The molecule has 0 amide bonds. The summed E-state index contributed by atoms with van der Waals surface area (Å²) in [5, 5.41) is 13.2. The first-order valence-corrected chi connectivity index (χ1v) is 6.87. The van der Waals surface area contributed by atoms with Crippen molar-refractivity contribution in [3.63, 3.8) is 0 Å². The van der Waals surface area contributed by atoms with Crippen LogP contribution in [-0.2, 0) is 0 Å². The van der Waals surface area contributed by atoms with E-state index in [0.717, 1.165) is 23.6 Å². The fourth-order valence-electron chi connectivity index (χ4n) is 2.05. The minimum atomic E-state index is 0.328. The molecule has 2 N–H and O–H groups in total. The zero-order chi connectivity index (χ0) is 10.2. The first-order valence-electron chi connectivity index (χ1n) is 5.82. The molecule has 0 aromatic rings. The molecule has 0 aromatic heterocycles. The lowest BCUT2D eigenvalue weighted by molar-refractivity contribution is 0.321. The van der Waals surface area contributed by atoms with E-state index in [-0.39, 0.29) is 0 Å². The fourth-order valence-corrected chi connectivity index (χ4v) is 3.19.